The first kappa shape index (κ1) is 22.2. The molecule has 1 heteroatoms. The molecule has 0 aromatic heterocycles. The van der Waals surface area contributed by atoms with Crippen molar-refractivity contribution >= 4 is 5.78 Å². The molecule has 0 heterocycles. The van der Waals surface area contributed by atoms with Crippen molar-refractivity contribution in [1.82, 2.24) is 0 Å². The van der Waals surface area contributed by atoms with E-state index in [1.54, 1.807) is 0 Å². The number of fused-ring (bicyclic) bond motifs is 7. The number of carbonyl (C=O) groups excluding carboxylic acids is 1. The third kappa shape index (κ3) is 2.64. The average molecular weight is 425 g/mol. The molecule has 0 bridgehead atoms. The highest BCUT2D eigenvalue weighted by atomic mass is 16.1. The van der Waals surface area contributed by atoms with Crippen molar-refractivity contribution < 1.29 is 4.79 Å². The second-order valence-electron chi connectivity index (χ2n) is 14.2. The third-order valence-corrected chi connectivity index (χ3v) is 13.0. The third-order valence-electron chi connectivity index (χ3n) is 13.0. The molecule has 0 radical (unpaired) electrons. The predicted octanol–water partition coefficient (Wildman–Crippen LogP) is 8.09. The van der Waals surface area contributed by atoms with Gasteiger partial charge >= 0.3 is 0 Å². The molecule has 0 saturated heterocycles. The minimum atomic E-state index is 0.241. The minimum Gasteiger partial charge on any atom is -0.299 e. The zero-order valence-electron chi connectivity index (χ0n) is 21.7. The summed E-state index contributed by atoms with van der Waals surface area (Å²) in [6, 6.07) is 0. The molecule has 0 aromatic rings. The van der Waals surface area contributed by atoms with E-state index in [-0.39, 0.29) is 11.8 Å². The van der Waals surface area contributed by atoms with E-state index in [0.717, 1.165) is 30.1 Å². The van der Waals surface area contributed by atoms with Gasteiger partial charge in [-0.25, -0.2) is 0 Å². The Balaban J connectivity index is 1.59. The van der Waals surface area contributed by atoms with Crippen LogP contribution in [0.2, 0.25) is 0 Å². The highest BCUT2D eigenvalue weighted by Gasteiger charge is 2.67. The van der Waals surface area contributed by atoms with Crippen LogP contribution in [0.3, 0.4) is 0 Å². The summed E-state index contributed by atoms with van der Waals surface area (Å²) in [6.45, 7) is 20.2. The van der Waals surface area contributed by atoms with E-state index in [1.165, 1.54) is 44.9 Å². The summed E-state index contributed by atoms with van der Waals surface area (Å²) < 4.78 is 0. The zero-order chi connectivity index (χ0) is 22.6. The van der Waals surface area contributed by atoms with Gasteiger partial charge in [0.1, 0.15) is 5.78 Å². The molecular formula is C30H48O. The van der Waals surface area contributed by atoms with Crippen LogP contribution in [-0.2, 0) is 4.79 Å². The Bertz CT molecular complexity index is 809. The van der Waals surface area contributed by atoms with Gasteiger partial charge in [0.2, 0.25) is 0 Å². The first-order chi connectivity index (χ1) is 14.4. The summed E-state index contributed by atoms with van der Waals surface area (Å²) in [5.41, 5.74) is 3.42. The predicted molar refractivity (Wildman–Crippen MR) is 130 cm³/mol. The van der Waals surface area contributed by atoms with Gasteiger partial charge in [-0.15, -0.1) is 0 Å². The molecule has 0 aliphatic heterocycles. The Morgan fingerprint density at radius 2 is 1.61 bits per heavy atom. The van der Waals surface area contributed by atoms with E-state index >= 15 is 0 Å². The van der Waals surface area contributed by atoms with Gasteiger partial charge < -0.3 is 0 Å². The number of rotatable bonds is 0. The molecule has 1 nitrogen and oxygen atoms in total. The van der Waals surface area contributed by atoms with Crippen LogP contribution in [0.4, 0.5) is 0 Å². The van der Waals surface area contributed by atoms with Crippen LogP contribution in [-0.4, -0.2) is 5.78 Å². The quantitative estimate of drug-likeness (QED) is 0.359. The summed E-state index contributed by atoms with van der Waals surface area (Å²) in [4.78, 5) is 12.9. The van der Waals surface area contributed by atoms with Crippen LogP contribution in [0.25, 0.3) is 0 Å². The summed E-state index contributed by atoms with van der Waals surface area (Å²) >= 11 is 0. The summed E-state index contributed by atoms with van der Waals surface area (Å²) in [7, 11) is 0. The van der Waals surface area contributed by atoms with Gasteiger partial charge in [-0.3, -0.25) is 4.79 Å². The lowest BCUT2D eigenvalue weighted by Crippen LogP contribution is -2.63. The summed E-state index contributed by atoms with van der Waals surface area (Å²) in [5, 5.41) is 0. The van der Waals surface area contributed by atoms with Crippen molar-refractivity contribution in [3.63, 3.8) is 0 Å². The molecule has 5 aliphatic rings. The molecule has 0 amide bonds. The molecule has 31 heavy (non-hydrogen) atoms. The van der Waals surface area contributed by atoms with Crippen molar-refractivity contribution in [3.05, 3.63) is 11.6 Å². The van der Waals surface area contributed by atoms with Crippen LogP contribution in [0.15, 0.2) is 11.6 Å². The maximum absolute atomic E-state index is 12.9. The van der Waals surface area contributed by atoms with Gasteiger partial charge in [0.05, 0.1) is 0 Å². The molecule has 5 aliphatic carbocycles. The number of hydrogen-bond acceptors (Lipinski definition) is 1. The lowest BCUT2D eigenvalue weighted by Gasteiger charge is -2.70. The first-order valence-corrected chi connectivity index (χ1v) is 13.6. The lowest BCUT2D eigenvalue weighted by atomic mass is 9.34. The zero-order valence-corrected chi connectivity index (χ0v) is 21.7. The topological polar surface area (TPSA) is 17.1 Å². The van der Waals surface area contributed by atoms with Gasteiger partial charge in [0, 0.05) is 11.8 Å². The van der Waals surface area contributed by atoms with Gasteiger partial charge in [-0.2, -0.15) is 0 Å². The highest BCUT2D eigenvalue weighted by Crippen LogP contribution is 2.74. The molecule has 5 rings (SSSR count). The maximum atomic E-state index is 12.9. The van der Waals surface area contributed by atoms with E-state index in [9.17, 15) is 4.79 Å². The van der Waals surface area contributed by atoms with E-state index in [4.69, 9.17) is 0 Å². The lowest BCUT2D eigenvalue weighted by molar-refractivity contribution is -0.178. The van der Waals surface area contributed by atoms with Crippen LogP contribution in [0, 0.1) is 63.1 Å². The molecule has 4 saturated carbocycles. The van der Waals surface area contributed by atoms with E-state index in [1.807, 2.05) is 5.57 Å². The van der Waals surface area contributed by atoms with Gasteiger partial charge in [0.25, 0.3) is 0 Å². The molecule has 0 N–H and O–H groups in total. The van der Waals surface area contributed by atoms with E-state index < -0.39 is 0 Å². The van der Waals surface area contributed by atoms with Crippen molar-refractivity contribution in [3.8, 4) is 0 Å². The van der Waals surface area contributed by atoms with Crippen molar-refractivity contribution in [2.24, 2.45) is 63.1 Å². The second kappa shape index (κ2) is 6.73. The summed E-state index contributed by atoms with van der Waals surface area (Å²) in [5.74, 6) is 4.81. The SMILES string of the molecule is CC1C[C@@]2(C)C(CC[C@]3(C)[C@@H]2CC=C2[C@@H]4[C@@H](C)[C@H](C)CC[C@]4(C)CC[C@]23C)C(C)C1=O. The Kier molecular flexibility index (Phi) is 4.82. The molecule has 0 spiro atoms. The summed E-state index contributed by atoms with van der Waals surface area (Å²) in [6.07, 6.45) is 13.4. The fourth-order valence-corrected chi connectivity index (χ4v) is 10.8. The molecule has 4 fully saturated rings. The normalized spacial score (nSPS) is 59.0. The number of Topliss-reactive ketones (excluding diaryl/α,β-unsaturated/α-hetero) is 1. The molecule has 3 unspecified atom stereocenters. The molecule has 174 valence electrons. The van der Waals surface area contributed by atoms with Crippen molar-refractivity contribution in [1.29, 1.82) is 0 Å². The number of ketones is 1. The van der Waals surface area contributed by atoms with Crippen LogP contribution in [0.1, 0.15) is 107 Å². The van der Waals surface area contributed by atoms with E-state index in [0.29, 0.717) is 33.4 Å². The Hall–Kier alpha value is -0.590. The molecular weight excluding hydrogens is 376 g/mol. The van der Waals surface area contributed by atoms with Crippen molar-refractivity contribution in [2.45, 2.75) is 107 Å². The van der Waals surface area contributed by atoms with Crippen LogP contribution in [0.5, 0.6) is 0 Å². The minimum absolute atomic E-state index is 0.241. The monoisotopic (exact) mass is 424 g/mol. The van der Waals surface area contributed by atoms with E-state index in [2.05, 4.69) is 61.5 Å². The number of hydrogen-bond donors (Lipinski definition) is 0. The average Bonchev–Trinajstić information content (AvgIpc) is 2.70. The van der Waals surface area contributed by atoms with Gasteiger partial charge in [-0.1, -0.05) is 67.0 Å². The Morgan fingerprint density at radius 3 is 2.32 bits per heavy atom. The fraction of sp³-hybridized carbons (Fsp3) is 0.900. The Morgan fingerprint density at radius 1 is 0.903 bits per heavy atom. The maximum Gasteiger partial charge on any atom is 0.138 e. The smallest absolute Gasteiger partial charge is 0.138 e. The first-order valence-electron chi connectivity index (χ1n) is 13.6. The standard InChI is InChI=1S/C30H48O/c1-18-11-13-27(5)15-16-29(7)23(25(27)20(18)3)9-10-24-28(6)17-19(2)26(31)21(4)22(28)12-14-30(24,29)8/h9,18-22,24-25H,10-17H2,1-8H3/t18-,19?,20+,21?,22?,24-,25+,27-,28+,29-,30-/m1/s1. The number of carbonyl (C=O) groups is 1. The molecule has 0 aromatic carbocycles. The molecule has 11 atom stereocenters. The number of allylic oxidation sites excluding steroid dienone is 2. The Labute approximate surface area is 192 Å². The largest absolute Gasteiger partial charge is 0.299 e. The van der Waals surface area contributed by atoms with Crippen molar-refractivity contribution in [2.75, 3.05) is 0 Å². The second-order valence-corrected chi connectivity index (χ2v) is 14.2. The van der Waals surface area contributed by atoms with Crippen LogP contribution < -0.4 is 0 Å². The van der Waals surface area contributed by atoms with Gasteiger partial charge in [0.15, 0.2) is 0 Å². The fourth-order valence-electron chi connectivity index (χ4n) is 10.8. The van der Waals surface area contributed by atoms with Gasteiger partial charge in [-0.05, 0) is 103 Å². The highest BCUT2D eigenvalue weighted by molar-refractivity contribution is 5.84. The van der Waals surface area contributed by atoms with Crippen LogP contribution >= 0.6 is 0 Å².